The molecule has 0 bridgehead atoms. The van der Waals surface area contributed by atoms with Crippen LogP contribution in [-0.2, 0) is 17.4 Å². The minimum atomic E-state index is -0.917. The number of aliphatic hydroxyl groups is 1. The van der Waals surface area contributed by atoms with Gasteiger partial charge in [-0.25, -0.2) is 0 Å². The fourth-order valence-electron chi connectivity index (χ4n) is 1.44. The van der Waals surface area contributed by atoms with E-state index in [4.69, 9.17) is 4.74 Å². The molecule has 1 rings (SSSR count). The first-order chi connectivity index (χ1) is 6.49. The number of aryl methyl sites for hydroxylation is 1. The standard InChI is InChI=1S/C9H15BrN2O2/c1-9(13,4-5-14-3)8-7(10)6-11-12(8)2/h6,13H,4-5H2,1-3H3. The Morgan fingerprint density at radius 2 is 2.36 bits per heavy atom. The van der Waals surface area contributed by atoms with E-state index >= 15 is 0 Å². The Hall–Kier alpha value is -0.390. The number of rotatable bonds is 4. The van der Waals surface area contributed by atoms with Crippen molar-refractivity contribution >= 4 is 15.9 Å². The van der Waals surface area contributed by atoms with Crippen molar-refractivity contribution in [1.82, 2.24) is 9.78 Å². The van der Waals surface area contributed by atoms with Crippen LogP contribution in [0.15, 0.2) is 10.7 Å². The number of hydrogen-bond acceptors (Lipinski definition) is 3. The molecule has 0 spiro atoms. The molecule has 1 N–H and O–H groups in total. The Balaban J connectivity index is 2.90. The molecule has 4 nitrogen and oxygen atoms in total. The molecule has 0 saturated carbocycles. The number of halogens is 1. The van der Waals surface area contributed by atoms with E-state index in [0.29, 0.717) is 13.0 Å². The third kappa shape index (κ3) is 2.34. The second kappa shape index (κ2) is 4.42. The highest BCUT2D eigenvalue weighted by atomic mass is 79.9. The van der Waals surface area contributed by atoms with Gasteiger partial charge in [-0.2, -0.15) is 5.10 Å². The molecule has 1 unspecified atom stereocenters. The van der Waals surface area contributed by atoms with Crippen molar-refractivity contribution in [2.24, 2.45) is 7.05 Å². The van der Waals surface area contributed by atoms with Gasteiger partial charge in [0.15, 0.2) is 0 Å². The monoisotopic (exact) mass is 262 g/mol. The number of methoxy groups -OCH3 is 1. The van der Waals surface area contributed by atoms with Crippen LogP contribution in [0.2, 0.25) is 0 Å². The van der Waals surface area contributed by atoms with E-state index in [1.165, 1.54) is 0 Å². The maximum Gasteiger partial charge on any atom is 0.107 e. The maximum absolute atomic E-state index is 10.2. The Bertz CT molecular complexity index is 290. The minimum Gasteiger partial charge on any atom is -0.385 e. The van der Waals surface area contributed by atoms with Gasteiger partial charge in [-0.3, -0.25) is 4.68 Å². The zero-order chi connectivity index (χ0) is 10.8. The van der Waals surface area contributed by atoms with E-state index < -0.39 is 5.60 Å². The molecule has 1 aromatic rings. The summed E-state index contributed by atoms with van der Waals surface area (Å²) in [7, 11) is 3.43. The molecule has 80 valence electrons. The van der Waals surface area contributed by atoms with Crippen LogP contribution >= 0.6 is 15.9 Å². The van der Waals surface area contributed by atoms with Gasteiger partial charge in [-0.05, 0) is 22.9 Å². The lowest BCUT2D eigenvalue weighted by molar-refractivity contribution is 0.0136. The van der Waals surface area contributed by atoms with E-state index in [1.807, 2.05) is 0 Å². The quantitative estimate of drug-likeness (QED) is 0.893. The van der Waals surface area contributed by atoms with E-state index in [1.54, 1.807) is 32.0 Å². The summed E-state index contributed by atoms with van der Waals surface area (Å²) in [6.07, 6.45) is 2.22. The highest BCUT2D eigenvalue weighted by Gasteiger charge is 2.28. The summed E-state index contributed by atoms with van der Waals surface area (Å²) >= 11 is 3.36. The number of aromatic nitrogens is 2. The first kappa shape index (κ1) is 11.7. The zero-order valence-corrected chi connectivity index (χ0v) is 10.2. The smallest absolute Gasteiger partial charge is 0.107 e. The molecule has 0 aliphatic rings. The van der Waals surface area contributed by atoms with Crippen molar-refractivity contribution in [1.29, 1.82) is 0 Å². The highest BCUT2D eigenvalue weighted by Crippen LogP contribution is 2.30. The summed E-state index contributed by atoms with van der Waals surface area (Å²) in [6, 6.07) is 0. The highest BCUT2D eigenvalue weighted by molar-refractivity contribution is 9.10. The minimum absolute atomic E-state index is 0.518. The fraction of sp³-hybridized carbons (Fsp3) is 0.667. The molecule has 1 heterocycles. The van der Waals surface area contributed by atoms with Crippen LogP contribution in [0.3, 0.4) is 0 Å². The molecular formula is C9H15BrN2O2. The molecule has 0 fully saturated rings. The first-order valence-electron chi connectivity index (χ1n) is 4.38. The van der Waals surface area contributed by atoms with E-state index in [0.717, 1.165) is 10.2 Å². The molecule has 0 aliphatic heterocycles. The van der Waals surface area contributed by atoms with E-state index in [-0.39, 0.29) is 0 Å². The molecule has 1 aromatic heterocycles. The molecule has 14 heavy (non-hydrogen) atoms. The Kier molecular flexibility index (Phi) is 3.69. The van der Waals surface area contributed by atoms with Crippen molar-refractivity contribution < 1.29 is 9.84 Å². The Morgan fingerprint density at radius 3 is 2.79 bits per heavy atom. The predicted molar refractivity (Wildman–Crippen MR) is 57.0 cm³/mol. The van der Waals surface area contributed by atoms with Gasteiger partial charge in [0.2, 0.25) is 0 Å². The van der Waals surface area contributed by atoms with E-state index in [2.05, 4.69) is 21.0 Å². The van der Waals surface area contributed by atoms with Crippen molar-refractivity contribution in [3.63, 3.8) is 0 Å². The Morgan fingerprint density at radius 1 is 1.71 bits per heavy atom. The fourth-order valence-corrected chi connectivity index (χ4v) is 2.21. The van der Waals surface area contributed by atoms with Crippen molar-refractivity contribution in [3.05, 3.63) is 16.4 Å². The largest absolute Gasteiger partial charge is 0.385 e. The second-order valence-electron chi connectivity index (χ2n) is 3.48. The molecule has 0 radical (unpaired) electrons. The summed E-state index contributed by atoms with van der Waals surface area (Å²) in [5.41, 5.74) is -0.144. The van der Waals surface area contributed by atoms with Crippen LogP contribution in [0.25, 0.3) is 0 Å². The third-order valence-corrected chi connectivity index (χ3v) is 2.78. The maximum atomic E-state index is 10.2. The van der Waals surface area contributed by atoms with Crippen LogP contribution in [0.1, 0.15) is 19.0 Å². The summed E-state index contributed by atoms with van der Waals surface area (Å²) in [5, 5.41) is 14.3. The first-order valence-corrected chi connectivity index (χ1v) is 5.17. The lowest BCUT2D eigenvalue weighted by Crippen LogP contribution is -2.26. The summed E-state index contributed by atoms with van der Waals surface area (Å²) in [4.78, 5) is 0. The molecule has 5 heteroatoms. The lowest BCUT2D eigenvalue weighted by atomic mass is 9.99. The van der Waals surface area contributed by atoms with Crippen molar-refractivity contribution in [3.8, 4) is 0 Å². The molecule has 0 aliphatic carbocycles. The predicted octanol–water partition coefficient (Wildman–Crippen LogP) is 1.43. The van der Waals surface area contributed by atoms with Gasteiger partial charge < -0.3 is 9.84 Å². The summed E-state index contributed by atoms with van der Waals surface area (Å²) in [6.45, 7) is 2.28. The van der Waals surface area contributed by atoms with Crippen LogP contribution < -0.4 is 0 Å². The summed E-state index contributed by atoms with van der Waals surface area (Å²) < 4.78 is 7.44. The van der Waals surface area contributed by atoms with Crippen LogP contribution in [0, 0.1) is 0 Å². The topological polar surface area (TPSA) is 47.3 Å². The van der Waals surface area contributed by atoms with Gasteiger partial charge in [0.05, 0.1) is 16.4 Å². The van der Waals surface area contributed by atoms with Crippen molar-refractivity contribution in [2.75, 3.05) is 13.7 Å². The normalized spacial score (nSPS) is 15.5. The second-order valence-corrected chi connectivity index (χ2v) is 4.34. The van der Waals surface area contributed by atoms with Crippen LogP contribution in [0.4, 0.5) is 0 Å². The van der Waals surface area contributed by atoms with E-state index in [9.17, 15) is 5.11 Å². The number of hydrogen-bond donors (Lipinski definition) is 1. The molecule has 0 saturated heterocycles. The molecule has 0 aromatic carbocycles. The third-order valence-electron chi connectivity index (χ3n) is 2.20. The lowest BCUT2D eigenvalue weighted by Gasteiger charge is -2.23. The van der Waals surface area contributed by atoms with Gasteiger partial charge in [-0.15, -0.1) is 0 Å². The van der Waals surface area contributed by atoms with Gasteiger partial charge in [0, 0.05) is 27.2 Å². The van der Waals surface area contributed by atoms with Gasteiger partial charge in [-0.1, -0.05) is 0 Å². The average molecular weight is 263 g/mol. The zero-order valence-electron chi connectivity index (χ0n) is 8.62. The van der Waals surface area contributed by atoms with Gasteiger partial charge >= 0.3 is 0 Å². The van der Waals surface area contributed by atoms with Gasteiger partial charge in [0.1, 0.15) is 5.60 Å². The summed E-state index contributed by atoms with van der Waals surface area (Å²) in [5.74, 6) is 0. The van der Waals surface area contributed by atoms with Crippen molar-refractivity contribution in [2.45, 2.75) is 18.9 Å². The Labute approximate surface area is 92.0 Å². The number of nitrogens with zero attached hydrogens (tertiary/aromatic N) is 2. The SMILES string of the molecule is COCCC(C)(O)c1c(Br)cnn1C. The molecule has 1 atom stereocenters. The molecule has 0 amide bonds. The average Bonchev–Trinajstić information content (AvgIpc) is 2.43. The van der Waals surface area contributed by atoms with Crippen LogP contribution in [0.5, 0.6) is 0 Å². The van der Waals surface area contributed by atoms with Gasteiger partial charge in [0.25, 0.3) is 0 Å². The van der Waals surface area contributed by atoms with Crippen LogP contribution in [-0.4, -0.2) is 28.6 Å². The molecular weight excluding hydrogens is 248 g/mol. The number of ether oxygens (including phenoxy) is 1.